The van der Waals surface area contributed by atoms with Gasteiger partial charge in [-0.3, -0.25) is 19.1 Å². The summed E-state index contributed by atoms with van der Waals surface area (Å²) < 4.78 is 43.8. The second kappa shape index (κ2) is 11.0. The topological polar surface area (TPSA) is 101 Å². The highest BCUT2D eigenvalue weighted by Gasteiger charge is 2.46. The predicted octanol–water partition coefficient (Wildman–Crippen LogP) is 7.22. The van der Waals surface area contributed by atoms with Gasteiger partial charge in [-0.15, -0.1) is 0 Å². The molecule has 1 atom stereocenters. The summed E-state index contributed by atoms with van der Waals surface area (Å²) in [6.07, 6.45) is -2.06. The normalized spacial score (nSPS) is 23.8. The Bertz CT molecular complexity index is 1290. The van der Waals surface area contributed by atoms with E-state index in [4.69, 9.17) is 23.2 Å². The van der Waals surface area contributed by atoms with Crippen molar-refractivity contribution < 1.29 is 32.7 Å². The summed E-state index contributed by atoms with van der Waals surface area (Å²) in [5.41, 5.74) is -2.74. The van der Waals surface area contributed by atoms with Crippen LogP contribution in [0.1, 0.15) is 98.2 Å². The summed E-state index contributed by atoms with van der Waals surface area (Å²) in [4.78, 5) is 38.1. The van der Waals surface area contributed by atoms with Gasteiger partial charge in [0.25, 0.3) is 5.91 Å². The van der Waals surface area contributed by atoms with Crippen LogP contribution in [0.25, 0.3) is 0 Å². The first-order valence-electron chi connectivity index (χ1n) is 13.2. The minimum atomic E-state index is -4.88. The van der Waals surface area contributed by atoms with Crippen LogP contribution in [0.4, 0.5) is 13.2 Å². The highest BCUT2D eigenvalue weighted by molar-refractivity contribution is 6.39. The van der Waals surface area contributed by atoms with Crippen molar-refractivity contribution in [1.82, 2.24) is 15.1 Å². The Morgan fingerprint density at radius 1 is 1.12 bits per heavy atom. The third-order valence-electron chi connectivity index (χ3n) is 8.39. The van der Waals surface area contributed by atoms with E-state index in [9.17, 15) is 32.7 Å². The van der Waals surface area contributed by atoms with E-state index in [0.29, 0.717) is 12.8 Å². The molecule has 2 aromatic rings. The molecule has 0 spiro atoms. The lowest BCUT2D eigenvalue weighted by Gasteiger charge is -2.46. The summed E-state index contributed by atoms with van der Waals surface area (Å²) in [6, 6.07) is 3.21. The van der Waals surface area contributed by atoms with E-state index in [-0.39, 0.29) is 59.0 Å². The number of aliphatic carboxylic acids is 1. The molecule has 0 saturated heterocycles. The molecular weight excluding hydrogens is 570 g/mol. The molecule has 0 aliphatic heterocycles. The van der Waals surface area contributed by atoms with Crippen molar-refractivity contribution in [3.8, 4) is 0 Å². The van der Waals surface area contributed by atoms with Crippen LogP contribution >= 0.6 is 23.2 Å². The molecule has 2 saturated carbocycles. The zero-order chi connectivity index (χ0) is 29.6. The lowest BCUT2D eigenvalue weighted by atomic mass is 9.61. The van der Waals surface area contributed by atoms with Gasteiger partial charge < -0.3 is 10.4 Å². The molecule has 2 N–H and O–H groups in total. The minimum absolute atomic E-state index is 0.0217. The van der Waals surface area contributed by atoms with Gasteiger partial charge >= 0.3 is 12.1 Å². The van der Waals surface area contributed by atoms with Gasteiger partial charge in [0.1, 0.15) is 0 Å². The lowest BCUT2D eigenvalue weighted by Crippen LogP contribution is -2.49. The number of hydrogen-bond acceptors (Lipinski definition) is 4. The molecule has 7 nitrogen and oxygen atoms in total. The van der Waals surface area contributed by atoms with Gasteiger partial charge in [-0.2, -0.15) is 18.3 Å². The molecule has 1 unspecified atom stereocenters. The Hall–Kier alpha value is -2.59. The van der Waals surface area contributed by atoms with Gasteiger partial charge in [-0.05, 0) is 68.9 Å². The standard InChI is InChI=1S/C28H32Cl2F3N3O4/c1-26(2)12-15(13-26)20(11-21(37)22-18(29)5-4-6-19(22)30)35-24(38)17-14-34-36(23(17)28(31,32)33)16-7-9-27(3,10-8-16)25(39)40/h4-6,14-16,20H,7-13H2,1-3H3,(H,35,38)(H,39,40). The lowest BCUT2D eigenvalue weighted by molar-refractivity contribution is -0.152. The van der Waals surface area contributed by atoms with Gasteiger partial charge in [0.2, 0.25) is 0 Å². The molecular formula is C28H32Cl2F3N3O4. The Morgan fingerprint density at radius 2 is 1.70 bits per heavy atom. The maximum Gasteiger partial charge on any atom is 0.433 e. The number of benzene rings is 1. The third kappa shape index (κ3) is 6.17. The van der Waals surface area contributed by atoms with E-state index in [1.165, 1.54) is 12.1 Å². The van der Waals surface area contributed by atoms with E-state index in [1.807, 2.05) is 13.8 Å². The average Bonchev–Trinajstić information content (AvgIpc) is 3.28. The van der Waals surface area contributed by atoms with Crippen molar-refractivity contribution in [3.05, 3.63) is 51.3 Å². The van der Waals surface area contributed by atoms with Crippen LogP contribution in [-0.4, -0.2) is 38.6 Å². The van der Waals surface area contributed by atoms with Gasteiger partial charge in [0, 0.05) is 12.5 Å². The van der Waals surface area contributed by atoms with Crippen LogP contribution in [0.5, 0.6) is 0 Å². The van der Waals surface area contributed by atoms with Crippen LogP contribution in [0.3, 0.4) is 0 Å². The van der Waals surface area contributed by atoms with E-state index < -0.39 is 52.6 Å². The molecule has 1 amide bonds. The predicted molar refractivity (Wildman–Crippen MR) is 144 cm³/mol. The van der Waals surface area contributed by atoms with Gasteiger partial charge in [-0.1, -0.05) is 43.1 Å². The molecule has 40 heavy (non-hydrogen) atoms. The maximum absolute atomic E-state index is 14.3. The SMILES string of the molecule is CC1(C)CC(C(CC(=O)c2c(Cl)cccc2Cl)NC(=O)c2cnn(C3CCC(C)(C(=O)O)CC3)c2C(F)(F)F)C1. The Labute approximate surface area is 240 Å². The highest BCUT2D eigenvalue weighted by Crippen LogP contribution is 2.48. The van der Waals surface area contributed by atoms with Crippen molar-refractivity contribution in [2.45, 2.75) is 84.0 Å². The number of nitrogens with zero attached hydrogens (tertiary/aromatic N) is 2. The number of carboxylic acids is 1. The number of carboxylic acid groups (broad SMARTS) is 1. The summed E-state index contributed by atoms with van der Waals surface area (Å²) in [6.45, 7) is 5.66. The molecule has 1 aromatic carbocycles. The van der Waals surface area contributed by atoms with Crippen LogP contribution in [-0.2, 0) is 11.0 Å². The molecule has 1 heterocycles. The number of hydrogen-bond donors (Lipinski definition) is 2. The van der Waals surface area contributed by atoms with E-state index in [2.05, 4.69) is 10.4 Å². The number of amides is 1. The molecule has 1 aromatic heterocycles. The number of alkyl halides is 3. The number of Topliss-reactive ketones (excluding diaryl/α,β-unsaturated/α-hetero) is 1. The number of aromatic nitrogens is 2. The first-order valence-corrected chi connectivity index (χ1v) is 13.9. The van der Waals surface area contributed by atoms with Crippen molar-refractivity contribution in [3.63, 3.8) is 0 Å². The fourth-order valence-electron chi connectivity index (χ4n) is 6.08. The van der Waals surface area contributed by atoms with Crippen LogP contribution in [0.15, 0.2) is 24.4 Å². The number of nitrogens with one attached hydrogen (secondary N) is 1. The van der Waals surface area contributed by atoms with Gasteiger partial charge in [0.15, 0.2) is 11.5 Å². The summed E-state index contributed by atoms with van der Waals surface area (Å²) in [5, 5.41) is 16.4. The molecule has 2 fully saturated rings. The molecule has 2 aliphatic rings. The number of halogens is 5. The van der Waals surface area contributed by atoms with Crippen molar-refractivity contribution in [2.24, 2.45) is 16.7 Å². The summed E-state index contributed by atoms with van der Waals surface area (Å²) in [5.74, 6) is -2.50. The van der Waals surface area contributed by atoms with Crippen molar-refractivity contribution >= 4 is 40.9 Å². The number of carbonyl (C=O) groups is 3. The van der Waals surface area contributed by atoms with Crippen LogP contribution in [0, 0.1) is 16.7 Å². The van der Waals surface area contributed by atoms with E-state index >= 15 is 0 Å². The number of rotatable bonds is 8. The second-order valence-electron chi connectivity index (χ2n) is 12.1. The number of carbonyl (C=O) groups excluding carboxylic acids is 2. The minimum Gasteiger partial charge on any atom is -0.481 e. The smallest absolute Gasteiger partial charge is 0.433 e. The molecule has 12 heteroatoms. The molecule has 218 valence electrons. The fraction of sp³-hybridized carbons (Fsp3) is 0.571. The van der Waals surface area contributed by atoms with Crippen LogP contribution in [0.2, 0.25) is 10.0 Å². The molecule has 2 aliphatic carbocycles. The van der Waals surface area contributed by atoms with E-state index in [1.54, 1.807) is 13.0 Å². The monoisotopic (exact) mass is 601 g/mol. The molecule has 4 rings (SSSR count). The maximum atomic E-state index is 14.3. The Kier molecular flexibility index (Phi) is 8.36. The Balaban J connectivity index is 1.59. The van der Waals surface area contributed by atoms with Crippen LogP contribution < -0.4 is 5.32 Å². The summed E-state index contributed by atoms with van der Waals surface area (Å²) in [7, 11) is 0. The average molecular weight is 602 g/mol. The van der Waals surface area contributed by atoms with Gasteiger partial charge in [0.05, 0.1) is 38.8 Å². The number of ketones is 1. The third-order valence-corrected chi connectivity index (χ3v) is 9.02. The zero-order valence-electron chi connectivity index (χ0n) is 22.4. The summed E-state index contributed by atoms with van der Waals surface area (Å²) >= 11 is 12.4. The second-order valence-corrected chi connectivity index (χ2v) is 12.9. The van der Waals surface area contributed by atoms with Crippen molar-refractivity contribution in [1.29, 1.82) is 0 Å². The Morgan fingerprint density at radius 3 is 2.20 bits per heavy atom. The fourth-order valence-corrected chi connectivity index (χ4v) is 6.69. The van der Waals surface area contributed by atoms with Crippen molar-refractivity contribution in [2.75, 3.05) is 0 Å². The first kappa shape index (κ1) is 30.4. The largest absolute Gasteiger partial charge is 0.481 e. The van der Waals surface area contributed by atoms with E-state index in [0.717, 1.165) is 10.9 Å². The zero-order valence-corrected chi connectivity index (χ0v) is 24.0. The first-order chi connectivity index (χ1) is 18.5. The highest BCUT2D eigenvalue weighted by atomic mass is 35.5. The van der Waals surface area contributed by atoms with Gasteiger partial charge in [-0.25, -0.2) is 0 Å². The molecule has 0 radical (unpaired) electrons. The quantitative estimate of drug-likeness (QED) is 0.311. The molecule has 0 bridgehead atoms.